The zero-order valence-electron chi connectivity index (χ0n) is 31.5. The number of piperidine rings is 1. The van der Waals surface area contributed by atoms with Gasteiger partial charge >= 0.3 is 5.97 Å². The highest BCUT2D eigenvalue weighted by molar-refractivity contribution is 5.90. The lowest BCUT2D eigenvalue weighted by molar-refractivity contribution is -0.154. The van der Waals surface area contributed by atoms with Crippen molar-refractivity contribution in [2.75, 3.05) is 31.1 Å². The number of carboxylic acids is 1. The summed E-state index contributed by atoms with van der Waals surface area (Å²) in [6.45, 7) is 11.6. The summed E-state index contributed by atoms with van der Waals surface area (Å²) in [5.74, 6) is 2.16. The highest BCUT2D eigenvalue weighted by Crippen LogP contribution is 2.41. The molecule has 2 saturated heterocycles. The van der Waals surface area contributed by atoms with Crippen LogP contribution in [0.25, 0.3) is 11.4 Å². The van der Waals surface area contributed by atoms with Crippen LogP contribution in [0.5, 0.6) is 0 Å². The van der Waals surface area contributed by atoms with Gasteiger partial charge in [0.05, 0.1) is 24.0 Å². The third-order valence-electron chi connectivity index (χ3n) is 12.9. The molecule has 278 valence electrons. The van der Waals surface area contributed by atoms with Crippen molar-refractivity contribution in [3.63, 3.8) is 0 Å². The highest BCUT2D eigenvalue weighted by Gasteiger charge is 2.40. The van der Waals surface area contributed by atoms with Crippen LogP contribution in [0.3, 0.4) is 0 Å². The summed E-state index contributed by atoms with van der Waals surface area (Å²) in [5, 5.41) is 12.4. The van der Waals surface area contributed by atoms with E-state index in [1.165, 1.54) is 51.4 Å². The fraction of sp³-hybridized carbons (Fsp3) is 0.690. The Morgan fingerprint density at radius 2 is 1.45 bits per heavy atom. The van der Waals surface area contributed by atoms with E-state index in [2.05, 4.69) is 37.9 Å². The molecule has 0 bridgehead atoms. The molecule has 2 aliphatic carbocycles. The van der Waals surface area contributed by atoms with Gasteiger partial charge in [0.1, 0.15) is 6.04 Å². The normalized spacial score (nSPS) is 25.6. The van der Waals surface area contributed by atoms with Crippen molar-refractivity contribution in [1.29, 1.82) is 0 Å². The van der Waals surface area contributed by atoms with Gasteiger partial charge in [0.15, 0.2) is 5.82 Å². The molecular weight excluding hydrogens is 638 g/mol. The van der Waals surface area contributed by atoms with Crippen LogP contribution in [0.2, 0.25) is 0 Å². The monoisotopic (exact) mass is 699 g/mol. The maximum Gasteiger partial charge on any atom is 0.310 e. The number of nitrogens with zero attached hydrogens (tertiary/aromatic N) is 4. The molecule has 2 amide bonds. The first-order valence-corrected chi connectivity index (χ1v) is 20.0. The SMILES string of the molecule is CCCC1CCC(C2CCN(c3cnc(-c4ccc(C[C@H](NC(=O)C5CCC(C(C)(C)C)CC5)C(=O)N5CC(C(=O)O)C5)cc4)nc3)CC2)CC1. The highest BCUT2D eigenvalue weighted by atomic mass is 16.4. The van der Waals surface area contributed by atoms with Crippen molar-refractivity contribution in [1.82, 2.24) is 20.2 Å². The van der Waals surface area contributed by atoms with Crippen molar-refractivity contribution in [2.24, 2.45) is 40.9 Å². The number of nitrogens with one attached hydrogen (secondary N) is 1. The van der Waals surface area contributed by atoms with Gasteiger partial charge in [-0.05, 0) is 86.0 Å². The maximum atomic E-state index is 13.6. The number of aliphatic carboxylic acids is 1. The molecule has 9 heteroatoms. The molecule has 4 aliphatic rings. The summed E-state index contributed by atoms with van der Waals surface area (Å²) in [6.07, 6.45) is 18.8. The Hall–Kier alpha value is -3.49. The summed E-state index contributed by atoms with van der Waals surface area (Å²) in [6, 6.07) is 7.17. The van der Waals surface area contributed by atoms with Crippen LogP contribution < -0.4 is 10.2 Å². The van der Waals surface area contributed by atoms with Crippen molar-refractivity contribution in [2.45, 2.75) is 117 Å². The quantitative estimate of drug-likeness (QED) is 0.251. The summed E-state index contributed by atoms with van der Waals surface area (Å²) >= 11 is 0. The van der Waals surface area contributed by atoms with Crippen LogP contribution in [0.15, 0.2) is 36.7 Å². The topological polar surface area (TPSA) is 116 Å². The number of amides is 2. The second-order valence-electron chi connectivity index (χ2n) is 17.3. The fourth-order valence-corrected chi connectivity index (χ4v) is 9.39. The van der Waals surface area contributed by atoms with E-state index in [1.54, 1.807) is 4.90 Å². The number of hydrogen-bond donors (Lipinski definition) is 2. The third kappa shape index (κ3) is 9.31. The van der Waals surface area contributed by atoms with Crippen molar-refractivity contribution in [3.05, 3.63) is 42.2 Å². The van der Waals surface area contributed by atoms with Crippen molar-refractivity contribution < 1.29 is 19.5 Å². The molecule has 2 N–H and O–H groups in total. The van der Waals surface area contributed by atoms with Crippen molar-refractivity contribution in [3.8, 4) is 11.4 Å². The summed E-state index contributed by atoms with van der Waals surface area (Å²) in [4.78, 5) is 51.9. The Morgan fingerprint density at radius 1 is 0.843 bits per heavy atom. The van der Waals surface area contributed by atoms with E-state index in [0.717, 1.165) is 73.3 Å². The molecule has 51 heavy (non-hydrogen) atoms. The lowest BCUT2D eigenvalue weighted by atomic mass is 9.69. The van der Waals surface area contributed by atoms with Crippen LogP contribution in [0, 0.1) is 40.9 Å². The third-order valence-corrected chi connectivity index (χ3v) is 12.9. The Bertz CT molecular complexity index is 1460. The number of benzene rings is 1. The number of carbonyl (C=O) groups excluding carboxylic acids is 2. The van der Waals surface area contributed by atoms with Gasteiger partial charge in [-0.25, -0.2) is 9.97 Å². The molecule has 4 fully saturated rings. The van der Waals surface area contributed by atoms with Gasteiger partial charge in [-0.1, -0.05) is 77.6 Å². The van der Waals surface area contributed by atoms with Gasteiger partial charge in [-0.2, -0.15) is 0 Å². The second-order valence-corrected chi connectivity index (χ2v) is 17.3. The Labute approximate surface area is 305 Å². The minimum atomic E-state index is -0.888. The molecule has 6 rings (SSSR count). The van der Waals surface area contributed by atoms with E-state index in [4.69, 9.17) is 9.97 Å². The van der Waals surface area contributed by atoms with Gasteiger partial charge < -0.3 is 20.2 Å². The van der Waals surface area contributed by atoms with Crippen LogP contribution in [-0.2, 0) is 20.8 Å². The molecule has 3 heterocycles. The van der Waals surface area contributed by atoms with Crippen LogP contribution in [-0.4, -0.2) is 70.0 Å². The van der Waals surface area contributed by atoms with E-state index in [-0.39, 0.29) is 36.2 Å². The summed E-state index contributed by atoms with van der Waals surface area (Å²) < 4.78 is 0. The summed E-state index contributed by atoms with van der Waals surface area (Å²) in [5.41, 5.74) is 3.13. The van der Waals surface area contributed by atoms with Crippen LogP contribution in [0.4, 0.5) is 5.69 Å². The molecule has 1 atom stereocenters. The molecule has 2 aliphatic heterocycles. The number of likely N-dealkylation sites (tertiary alicyclic amines) is 1. The standard InChI is InChI=1S/C42H61N5O4/c1-5-6-28-7-11-30(12-8-28)31-19-21-46(22-20-31)36-24-43-38(44-25-36)32-13-9-29(10-14-32)23-37(40(49)47-26-34(27-47)41(50)51)45-39(48)33-15-17-35(18-16-33)42(2,3)4/h9-10,13-14,24-25,28,30-31,33-35,37H,5-8,11-12,15-23,26-27H2,1-4H3,(H,45,48)(H,50,51)/t28?,30?,33?,35?,37-/m0/s1. The number of aromatic nitrogens is 2. The number of rotatable bonds is 11. The first-order chi connectivity index (χ1) is 24.5. The molecule has 2 aromatic rings. The number of carboxylic acid groups (broad SMARTS) is 1. The number of hydrogen-bond acceptors (Lipinski definition) is 6. The van der Waals surface area contributed by atoms with E-state index in [1.807, 2.05) is 36.7 Å². The Morgan fingerprint density at radius 3 is 2.02 bits per heavy atom. The van der Waals surface area contributed by atoms with E-state index >= 15 is 0 Å². The smallest absolute Gasteiger partial charge is 0.310 e. The maximum absolute atomic E-state index is 13.6. The van der Waals surface area contributed by atoms with Crippen LogP contribution >= 0.6 is 0 Å². The minimum Gasteiger partial charge on any atom is -0.481 e. The molecule has 0 radical (unpaired) electrons. The van der Waals surface area contributed by atoms with E-state index in [9.17, 15) is 19.5 Å². The molecule has 1 aromatic carbocycles. The van der Waals surface area contributed by atoms with Gasteiger partial charge in [-0.15, -0.1) is 0 Å². The molecule has 0 unspecified atom stereocenters. The molecular formula is C42H61N5O4. The average molecular weight is 700 g/mol. The van der Waals surface area contributed by atoms with Gasteiger partial charge in [-0.3, -0.25) is 14.4 Å². The van der Waals surface area contributed by atoms with Crippen molar-refractivity contribution >= 4 is 23.5 Å². The lowest BCUT2D eigenvalue weighted by Gasteiger charge is -2.39. The Balaban J connectivity index is 1.03. The summed E-state index contributed by atoms with van der Waals surface area (Å²) in [7, 11) is 0. The molecule has 0 spiro atoms. The van der Waals surface area contributed by atoms with E-state index in [0.29, 0.717) is 18.2 Å². The minimum absolute atomic E-state index is 0.0695. The molecule has 2 saturated carbocycles. The Kier molecular flexibility index (Phi) is 12.0. The average Bonchev–Trinajstić information content (AvgIpc) is 3.11. The van der Waals surface area contributed by atoms with Crippen LogP contribution in [0.1, 0.15) is 110 Å². The predicted molar refractivity (Wildman–Crippen MR) is 201 cm³/mol. The first-order valence-electron chi connectivity index (χ1n) is 20.0. The number of anilines is 1. The molecule has 9 nitrogen and oxygen atoms in total. The largest absolute Gasteiger partial charge is 0.481 e. The lowest BCUT2D eigenvalue weighted by Crippen LogP contribution is -2.59. The van der Waals surface area contributed by atoms with Gasteiger partial charge in [0.25, 0.3) is 0 Å². The van der Waals surface area contributed by atoms with Gasteiger partial charge in [0, 0.05) is 44.1 Å². The number of carbonyl (C=O) groups is 3. The first kappa shape index (κ1) is 37.3. The fourth-order valence-electron chi connectivity index (χ4n) is 9.39. The zero-order chi connectivity index (χ0) is 36.1. The predicted octanol–water partition coefficient (Wildman–Crippen LogP) is 7.39. The zero-order valence-corrected chi connectivity index (χ0v) is 31.5. The second kappa shape index (κ2) is 16.5. The molecule has 1 aromatic heterocycles. The van der Waals surface area contributed by atoms with Gasteiger partial charge in [0.2, 0.25) is 11.8 Å². The van der Waals surface area contributed by atoms with E-state index < -0.39 is 17.9 Å².